The number of hydrogen-bond donors (Lipinski definition) is 0. The molecule has 158 valence electrons. The molecule has 3 rings (SSSR count). The fraction of sp³-hybridized carbons (Fsp3) is 0.185. The molecule has 0 heterocycles. The number of carbonyl (C=O) groups is 2. The predicted octanol–water partition coefficient (Wildman–Crippen LogP) is 6.07. The van der Waals surface area contributed by atoms with Crippen LogP contribution in [-0.4, -0.2) is 18.9 Å². The van der Waals surface area contributed by atoms with Gasteiger partial charge in [0.25, 0.3) is 0 Å². The van der Waals surface area contributed by atoms with Crippen LogP contribution in [0.1, 0.15) is 57.2 Å². The molecule has 0 N–H and O–H groups in total. The number of methoxy groups -OCH3 is 1. The van der Waals surface area contributed by atoms with Crippen molar-refractivity contribution in [3.63, 3.8) is 0 Å². The van der Waals surface area contributed by atoms with Crippen LogP contribution in [0.15, 0.2) is 78.9 Å². The molecular weight excluding hydrogens is 388 g/mol. The van der Waals surface area contributed by atoms with Crippen LogP contribution in [0.3, 0.4) is 0 Å². The van der Waals surface area contributed by atoms with Gasteiger partial charge in [-0.1, -0.05) is 68.4 Å². The van der Waals surface area contributed by atoms with E-state index in [9.17, 15) is 9.59 Å². The van der Waals surface area contributed by atoms with Crippen LogP contribution in [0.25, 0.3) is 6.08 Å². The van der Waals surface area contributed by atoms with E-state index in [2.05, 4.69) is 13.8 Å². The minimum Gasteiger partial charge on any atom is -0.488 e. The van der Waals surface area contributed by atoms with E-state index in [-0.39, 0.29) is 11.8 Å². The Balaban J connectivity index is 1.67. The molecule has 0 aliphatic carbocycles. The molecule has 0 unspecified atom stereocenters. The summed E-state index contributed by atoms with van der Waals surface area (Å²) in [7, 11) is 1.36. The summed E-state index contributed by atoms with van der Waals surface area (Å²) in [6.07, 6.45) is 3.34. The number of benzene rings is 3. The van der Waals surface area contributed by atoms with Gasteiger partial charge in [-0.2, -0.15) is 0 Å². The lowest BCUT2D eigenvalue weighted by molar-refractivity contribution is 0.0600. The maximum Gasteiger partial charge on any atom is 0.337 e. The largest absolute Gasteiger partial charge is 0.488 e. The molecule has 3 aromatic carbocycles. The second-order valence-corrected chi connectivity index (χ2v) is 7.49. The highest BCUT2D eigenvalue weighted by molar-refractivity contribution is 6.07. The zero-order valence-electron chi connectivity index (χ0n) is 18.0. The van der Waals surface area contributed by atoms with Gasteiger partial charge in [-0.3, -0.25) is 4.79 Å². The zero-order chi connectivity index (χ0) is 22.2. The molecule has 0 radical (unpaired) electrons. The van der Waals surface area contributed by atoms with E-state index in [0.29, 0.717) is 29.4 Å². The summed E-state index contributed by atoms with van der Waals surface area (Å²) in [5.74, 6) is 0.689. The number of carbonyl (C=O) groups excluding carboxylic acids is 2. The van der Waals surface area contributed by atoms with E-state index in [1.165, 1.54) is 12.7 Å². The van der Waals surface area contributed by atoms with Crippen LogP contribution in [0, 0.1) is 0 Å². The molecule has 4 nitrogen and oxygen atoms in total. The average molecular weight is 415 g/mol. The topological polar surface area (TPSA) is 52.6 Å². The molecule has 0 aliphatic heterocycles. The molecule has 31 heavy (non-hydrogen) atoms. The third-order valence-corrected chi connectivity index (χ3v) is 4.96. The van der Waals surface area contributed by atoms with Gasteiger partial charge in [-0.05, 0) is 47.4 Å². The standard InChI is InChI=1S/C27H26O4/c1-19(2)21-12-14-22(15-13-21)25(28)17-16-23-6-4-5-7-26(23)31-18-20-8-10-24(11-9-20)27(29)30-3/h4-17,19H,18H2,1-3H3/b17-16+. The number of para-hydroxylation sites is 1. The maximum absolute atomic E-state index is 12.5. The van der Waals surface area contributed by atoms with Crippen molar-refractivity contribution in [3.05, 3.63) is 107 Å². The Morgan fingerprint density at radius 1 is 0.871 bits per heavy atom. The summed E-state index contributed by atoms with van der Waals surface area (Å²) in [6.45, 7) is 4.60. The third kappa shape index (κ3) is 5.92. The number of ketones is 1. The molecule has 4 heteroatoms. The molecular formula is C27H26O4. The van der Waals surface area contributed by atoms with Crippen molar-refractivity contribution < 1.29 is 19.1 Å². The first-order valence-electron chi connectivity index (χ1n) is 10.2. The van der Waals surface area contributed by atoms with Gasteiger partial charge in [0, 0.05) is 11.1 Å². The minimum absolute atomic E-state index is 0.0523. The Morgan fingerprint density at radius 2 is 1.52 bits per heavy atom. The van der Waals surface area contributed by atoms with E-state index in [0.717, 1.165) is 11.1 Å². The van der Waals surface area contributed by atoms with Crippen LogP contribution in [0.5, 0.6) is 5.75 Å². The van der Waals surface area contributed by atoms with Crippen molar-refractivity contribution >= 4 is 17.8 Å². The smallest absolute Gasteiger partial charge is 0.337 e. The number of hydrogen-bond acceptors (Lipinski definition) is 4. The lowest BCUT2D eigenvalue weighted by atomic mass is 10.0. The molecule has 3 aromatic rings. The molecule has 0 spiro atoms. The first kappa shape index (κ1) is 22.0. The first-order chi connectivity index (χ1) is 15.0. The van der Waals surface area contributed by atoms with Gasteiger partial charge in [0.05, 0.1) is 12.7 Å². The number of esters is 1. The summed E-state index contributed by atoms with van der Waals surface area (Å²) in [6, 6.07) is 22.3. The maximum atomic E-state index is 12.5. The predicted molar refractivity (Wildman–Crippen MR) is 122 cm³/mol. The second kappa shape index (κ2) is 10.4. The van der Waals surface area contributed by atoms with Crippen molar-refractivity contribution in [2.75, 3.05) is 7.11 Å². The molecule has 0 fully saturated rings. The fourth-order valence-corrected chi connectivity index (χ4v) is 3.06. The van der Waals surface area contributed by atoms with Crippen LogP contribution in [-0.2, 0) is 11.3 Å². The summed E-state index contributed by atoms with van der Waals surface area (Å²) < 4.78 is 10.7. The monoisotopic (exact) mass is 414 g/mol. The molecule has 0 bridgehead atoms. The molecule has 0 saturated heterocycles. The van der Waals surface area contributed by atoms with Crippen LogP contribution < -0.4 is 4.74 Å². The lowest BCUT2D eigenvalue weighted by Crippen LogP contribution is -2.02. The van der Waals surface area contributed by atoms with Crippen molar-refractivity contribution in [2.24, 2.45) is 0 Å². The van der Waals surface area contributed by atoms with Gasteiger partial charge in [0.2, 0.25) is 0 Å². The van der Waals surface area contributed by atoms with E-state index in [1.807, 2.05) is 60.7 Å². The van der Waals surface area contributed by atoms with Gasteiger partial charge in [-0.15, -0.1) is 0 Å². The Kier molecular flexibility index (Phi) is 7.39. The summed E-state index contributed by atoms with van der Waals surface area (Å²) in [5.41, 5.74) is 4.10. The Hall–Kier alpha value is -3.66. The Labute approximate surface area is 183 Å². The normalized spacial score (nSPS) is 11.0. The highest BCUT2D eigenvalue weighted by atomic mass is 16.5. The van der Waals surface area contributed by atoms with Gasteiger partial charge < -0.3 is 9.47 Å². The molecule has 0 amide bonds. The van der Waals surface area contributed by atoms with Crippen molar-refractivity contribution in [1.29, 1.82) is 0 Å². The number of allylic oxidation sites excluding steroid dienone is 1. The first-order valence-corrected chi connectivity index (χ1v) is 10.2. The average Bonchev–Trinajstić information content (AvgIpc) is 2.81. The van der Waals surface area contributed by atoms with E-state index < -0.39 is 0 Å². The molecule has 0 atom stereocenters. The van der Waals surface area contributed by atoms with Gasteiger partial charge in [-0.25, -0.2) is 4.79 Å². The minimum atomic E-state index is -0.369. The summed E-state index contributed by atoms with van der Waals surface area (Å²) >= 11 is 0. The van der Waals surface area contributed by atoms with Crippen LogP contribution in [0.2, 0.25) is 0 Å². The highest BCUT2D eigenvalue weighted by Crippen LogP contribution is 2.22. The summed E-state index contributed by atoms with van der Waals surface area (Å²) in [5, 5.41) is 0. The zero-order valence-corrected chi connectivity index (χ0v) is 18.0. The van der Waals surface area contributed by atoms with Gasteiger partial charge >= 0.3 is 5.97 Å². The SMILES string of the molecule is COC(=O)c1ccc(COc2ccccc2/C=C/C(=O)c2ccc(C(C)C)cc2)cc1. The second-order valence-electron chi connectivity index (χ2n) is 7.49. The molecule has 0 aliphatic rings. The number of rotatable bonds is 8. The summed E-state index contributed by atoms with van der Waals surface area (Å²) in [4.78, 5) is 24.1. The highest BCUT2D eigenvalue weighted by Gasteiger charge is 2.07. The van der Waals surface area contributed by atoms with Gasteiger partial charge in [0.1, 0.15) is 12.4 Å². The van der Waals surface area contributed by atoms with E-state index in [1.54, 1.807) is 24.3 Å². The Bertz CT molecular complexity index is 1060. The van der Waals surface area contributed by atoms with Crippen LogP contribution >= 0.6 is 0 Å². The molecule has 0 saturated carbocycles. The Morgan fingerprint density at radius 3 is 2.16 bits per heavy atom. The van der Waals surface area contributed by atoms with E-state index in [4.69, 9.17) is 9.47 Å². The number of ether oxygens (including phenoxy) is 2. The lowest BCUT2D eigenvalue weighted by Gasteiger charge is -2.10. The van der Waals surface area contributed by atoms with Crippen molar-refractivity contribution in [1.82, 2.24) is 0 Å². The molecule has 0 aromatic heterocycles. The van der Waals surface area contributed by atoms with Crippen molar-refractivity contribution in [3.8, 4) is 5.75 Å². The quantitative estimate of drug-likeness (QED) is 0.255. The van der Waals surface area contributed by atoms with E-state index >= 15 is 0 Å². The van der Waals surface area contributed by atoms with Crippen molar-refractivity contribution in [2.45, 2.75) is 26.4 Å². The fourth-order valence-electron chi connectivity index (χ4n) is 3.06. The van der Waals surface area contributed by atoms with Gasteiger partial charge in [0.15, 0.2) is 5.78 Å². The van der Waals surface area contributed by atoms with Crippen LogP contribution in [0.4, 0.5) is 0 Å². The third-order valence-electron chi connectivity index (χ3n) is 4.96.